The summed E-state index contributed by atoms with van der Waals surface area (Å²) in [5.74, 6) is -0.271. The van der Waals surface area contributed by atoms with Crippen LogP contribution in [0.15, 0.2) is 0 Å². The number of aromatic carboxylic acids is 1. The number of aromatic nitrogens is 1. The lowest BCUT2D eigenvalue weighted by Crippen LogP contribution is -2.04. The average Bonchev–Trinajstić information content (AvgIpc) is 2.64. The minimum atomic E-state index is -0.841. The number of hydrogen-bond acceptors (Lipinski definition) is 3. The first-order valence-corrected chi connectivity index (χ1v) is 6.56. The van der Waals surface area contributed by atoms with Crippen LogP contribution in [0, 0.1) is 0 Å². The third-order valence-corrected chi connectivity index (χ3v) is 4.09. The minimum Gasteiger partial charge on any atom is -0.477 e. The highest BCUT2D eigenvalue weighted by molar-refractivity contribution is 7.13. The fraction of sp³-hybridized carbons (Fsp3) is 0.667. The van der Waals surface area contributed by atoms with Crippen LogP contribution in [0.2, 0.25) is 0 Å². The van der Waals surface area contributed by atoms with Crippen molar-refractivity contribution in [2.24, 2.45) is 0 Å². The van der Waals surface area contributed by atoms with Gasteiger partial charge < -0.3 is 5.11 Å². The molecule has 0 radical (unpaired) electrons. The average molecular weight is 241 g/mol. The number of thiazole rings is 1. The number of nitrogens with zero attached hydrogens (tertiary/aromatic N) is 1. The monoisotopic (exact) mass is 241 g/mol. The van der Waals surface area contributed by atoms with E-state index in [1.807, 2.05) is 13.8 Å². The van der Waals surface area contributed by atoms with Crippen molar-refractivity contribution in [3.63, 3.8) is 0 Å². The first-order valence-electron chi connectivity index (χ1n) is 5.75. The molecule has 16 heavy (non-hydrogen) atoms. The lowest BCUT2D eigenvalue weighted by atomic mass is 9.98. The smallest absolute Gasteiger partial charge is 0.347 e. The van der Waals surface area contributed by atoms with E-state index in [1.54, 1.807) is 0 Å². The zero-order chi connectivity index (χ0) is 12.3. The molecular weight excluding hydrogens is 222 g/mol. The van der Waals surface area contributed by atoms with Crippen LogP contribution in [0.3, 0.4) is 0 Å². The molecule has 1 aromatic rings. The van der Waals surface area contributed by atoms with Gasteiger partial charge in [-0.3, -0.25) is 0 Å². The Hall–Kier alpha value is -0.900. The molecule has 3 nitrogen and oxygen atoms in total. The fourth-order valence-corrected chi connectivity index (χ4v) is 2.69. The van der Waals surface area contributed by atoms with Gasteiger partial charge in [0.05, 0.1) is 10.7 Å². The predicted octanol–water partition coefficient (Wildman–Crippen LogP) is 3.87. The summed E-state index contributed by atoms with van der Waals surface area (Å²) in [6.45, 7) is 8.24. The Kier molecular flexibility index (Phi) is 4.47. The number of hydrogen-bond donors (Lipinski definition) is 1. The second kappa shape index (κ2) is 5.43. The minimum absolute atomic E-state index is 0.273. The third kappa shape index (κ3) is 2.61. The van der Waals surface area contributed by atoms with Crippen LogP contribution < -0.4 is 0 Å². The van der Waals surface area contributed by atoms with E-state index in [0.29, 0.717) is 10.8 Å². The van der Waals surface area contributed by atoms with Crippen molar-refractivity contribution in [2.75, 3.05) is 0 Å². The molecule has 0 saturated carbocycles. The van der Waals surface area contributed by atoms with Gasteiger partial charge in [0, 0.05) is 11.8 Å². The largest absolute Gasteiger partial charge is 0.477 e. The van der Waals surface area contributed by atoms with Gasteiger partial charge in [0.15, 0.2) is 0 Å². The van der Waals surface area contributed by atoms with Gasteiger partial charge in [-0.05, 0) is 12.8 Å². The number of rotatable bonds is 5. The fourth-order valence-electron chi connectivity index (χ4n) is 1.70. The Balaban J connectivity index is 3.19. The van der Waals surface area contributed by atoms with Crippen molar-refractivity contribution in [2.45, 2.75) is 52.4 Å². The zero-order valence-electron chi connectivity index (χ0n) is 10.3. The summed E-state index contributed by atoms with van der Waals surface area (Å²) in [5, 5.41) is 10.1. The van der Waals surface area contributed by atoms with Crippen LogP contribution >= 0.6 is 11.3 Å². The van der Waals surface area contributed by atoms with Gasteiger partial charge in [-0.2, -0.15) is 0 Å². The Morgan fingerprint density at radius 3 is 2.31 bits per heavy atom. The van der Waals surface area contributed by atoms with Crippen molar-refractivity contribution in [3.05, 3.63) is 15.6 Å². The molecule has 0 spiro atoms. The maximum absolute atomic E-state index is 11.2. The molecule has 90 valence electrons. The molecule has 4 heteroatoms. The number of carbonyl (C=O) groups is 1. The third-order valence-electron chi connectivity index (χ3n) is 2.73. The van der Waals surface area contributed by atoms with E-state index in [0.717, 1.165) is 23.5 Å². The topological polar surface area (TPSA) is 50.2 Å². The molecule has 1 heterocycles. The Labute approximate surface area is 101 Å². The van der Waals surface area contributed by atoms with Crippen LogP contribution in [0.4, 0.5) is 0 Å². The Bertz CT molecular complexity index is 367. The summed E-state index contributed by atoms with van der Waals surface area (Å²) in [6, 6.07) is 0. The lowest BCUT2D eigenvalue weighted by Gasteiger charge is -2.09. The van der Waals surface area contributed by atoms with Crippen molar-refractivity contribution >= 4 is 17.3 Å². The maximum Gasteiger partial charge on any atom is 0.347 e. The summed E-state index contributed by atoms with van der Waals surface area (Å²) in [4.78, 5) is 16.1. The molecule has 0 amide bonds. The van der Waals surface area contributed by atoms with Crippen LogP contribution in [0.25, 0.3) is 0 Å². The molecule has 0 saturated heterocycles. The summed E-state index contributed by atoms with van der Waals surface area (Å²) in [5.41, 5.74) is 0.784. The number of carboxylic acid groups (broad SMARTS) is 1. The van der Waals surface area contributed by atoms with Crippen molar-refractivity contribution in [3.8, 4) is 0 Å². The molecule has 0 aliphatic heterocycles. The first-order chi connectivity index (χ1) is 7.51. The highest BCUT2D eigenvalue weighted by Crippen LogP contribution is 2.32. The van der Waals surface area contributed by atoms with Crippen LogP contribution in [0.1, 0.15) is 72.7 Å². The van der Waals surface area contributed by atoms with Gasteiger partial charge in [-0.15, -0.1) is 11.3 Å². The summed E-state index contributed by atoms with van der Waals surface area (Å²) >= 11 is 1.32. The molecule has 0 fully saturated rings. The van der Waals surface area contributed by atoms with E-state index < -0.39 is 5.97 Å². The molecule has 1 rings (SSSR count). The van der Waals surface area contributed by atoms with Gasteiger partial charge >= 0.3 is 5.97 Å². The zero-order valence-corrected chi connectivity index (χ0v) is 11.1. The molecule has 0 bridgehead atoms. The molecule has 0 unspecified atom stereocenters. The number of carboxylic acids is 1. The molecular formula is C12H19NO2S. The molecule has 0 atom stereocenters. The second-order valence-corrected chi connectivity index (χ2v) is 5.27. The highest BCUT2D eigenvalue weighted by Gasteiger charge is 2.23. The van der Waals surface area contributed by atoms with E-state index in [9.17, 15) is 9.90 Å². The summed E-state index contributed by atoms with van der Waals surface area (Å²) in [7, 11) is 0. The molecule has 0 aliphatic carbocycles. The molecule has 1 N–H and O–H groups in total. The Morgan fingerprint density at radius 1 is 1.38 bits per heavy atom. The SMILES string of the molecule is CCC(CC)c1nc(C(C)C)sc1C(=O)O. The van der Waals surface area contributed by atoms with Gasteiger partial charge in [-0.1, -0.05) is 27.7 Å². The van der Waals surface area contributed by atoms with Crippen molar-refractivity contribution in [1.29, 1.82) is 0 Å². The van der Waals surface area contributed by atoms with Crippen LogP contribution in [0.5, 0.6) is 0 Å². The van der Waals surface area contributed by atoms with Gasteiger partial charge in [0.25, 0.3) is 0 Å². The highest BCUT2D eigenvalue weighted by atomic mass is 32.1. The van der Waals surface area contributed by atoms with E-state index >= 15 is 0 Å². The van der Waals surface area contributed by atoms with Crippen LogP contribution in [-0.4, -0.2) is 16.1 Å². The second-order valence-electron chi connectivity index (χ2n) is 4.24. The lowest BCUT2D eigenvalue weighted by molar-refractivity contribution is 0.0700. The predicted molar refractivity (Wildman–Crippen MR) is 66.5 cm³/mol. The molecule has 0 aliphatic rings. The van der Waals surface area contributed by atoms with Gasteiger partial charge in [0.2, 0.25) is 0 Å². The Morgan fingerprint density at radius 2 is 1.94 bits per heavy atom. The molecule has 1 aromatic heterocycles. The van der Waals surface area contributed by atoms with E-state index in [1.165, 1.54) is 11.3 Å². The van der Waals surface area contributed by atoms with E-state index in [4.69, 9.17) is 0 Å². The van der Waals surface area contributed by atoms with Gasteiger partial charge in [-0.25, -0.2) is 9.78 Å². The summed E-state index contributed by atoms with van der Waals surface area (Å²) in [6.07, 6.45) is 1.89. The maximum atomic E-state index is 11.2. The van der Waals surface area contributed by atoms with Crippen molar-refractivity contribution in [1.82, 2.24) is 4.98 Å². The van der Waals surface area contributed by atoms with Crippen molar-refractivity contribution < 1.29 is 9.90 Å². The van der Waals surface area contributed by atoms with Crippen LogP contribution in [-0.2, 0) is 0 Å². The summed E-state index contributed by atoms with van der Waals surface area (Å²) < 4.78 is 0. The van der Waals surface area contributed by atoms with E-state index in [-0.39, 0.29) is 5.92 Å². The first kappa shape index (κ1) is 13.2. The van der Waals surface area contributed by atoms with E-state index in [2.05, 4.69) is 18.8 Å². The van der Waals surface area contributed by atoms with Gasteiger partial charge in [0.1, 0.15) is 4.88 Å². The normalized spacial score (nSPS) is 11.4. The quantitative estimate of drug-likeness (QED) is 0.851. The standard InChI is InChI=1S/C12H19NO2S/c1-5-8(6-2)9-10(12(14)15)16-11(13-9)7(3)4/h7-8H,5-6H2,1-4H3,(H,14,15). The molecule has 0 aromatic carbocycles.